The normalized spacial score (nSPS) is 18.2. The van der Waals surface area contributed by atoms with Crippen molar-refractivity contribution in [3.05, 3.63) is 48.9 Å². The van der Waals surface area contributed by atoms with E-state index in [4.69, 9.17) is 4.52 Å². The zero-order valence-corrected chi connectivity index (χ0v) is 13.6. The number of likely N-dealkylation sites (tertiary alicyclic amines) is 1. The second kappa shape index (κ2) is 7.88. The van der Waals surface area contributed by atoms with Crippen LogP contribution in [0.3, 0.4) is 0 Å². The van der Waals surface area contributed by atoms with Gasteiger partial charge < -0.3 is 9.84 Å². The first kappa shape index (κ1) is 16.4. The van der Waals surface area contributed by atoms with E-state index in [1.807, 2.05) is 30.3 Å². The molecule has 0 spiro atoms. The summed E-state index contributed by atoms with van der Waals surface area (Å²) in [5, 5.41) is 6.92. The quantitative estimate of drug-likeness (QED) is 0.826. The van der Waals surface area contributed by atoms with E-state index in [2.05, 4.69) is 26.9 Å². The molecule has 1 atom stereocenters. The number of carbonyl (C=O) groups excluding carboxylic acids is 1. The number of nitrogens with zero attached hydrogens (tertiary/aromatic N) is 3. The van der Waals surface area contributed by atoms with Crippen LogP contribution in [0.25, 0.3) is 11.4 Å². The van der Waals surface area contributed by atoms with Gasteiger partial charge in [-0.1, -0.05) is 48.0 Å². The lowest BCUT2D eigenvalue weighted by Gasteiger charge is -2.32. The summed E-state index contributed by atoms with van der Waals surface area (Å²) in [6.45, 7) is 5.29. The molecule has 1 aromatic carbocycles. The molecule has 1 fully saturated rings. The molecule has 2 aromatic rings. The predicted molar refractivity (Wildman–Crippen MR) is 91.1 cm³/mol. The van der Waals surface area contributed by atoms with Crippen LogP contribution in [0.1, 0.15) is 31.2 Å². The molecule has 1 N–H and O–H groups in total. The van der Waals surface area contributed by atoms with E-state index in [1.165, 1.54) is 0 Å². The van der Waals surface area contributed by atoms with Crippen LogP contribution in [0.2, 0.25) is 0 Å². The Kier molecular flexibility index (Phi) is 5.38. The second-order valence-electron chi connectivity index (χ2n) is 5.90. The van der Waals surface area contributed by atoms with Gasteiger partial charge in [0.15, 0.2) is 0 Å². The number of aromatic nitrogens is 2. The van der Waals surface area contributed by atoms with Gasteiger partial charge in [0.2, 0.25) is 17.6 Å². The summed E-state index contributed by atoms with van der Waals surface area (Å²) in [7, 11) is 0. The van der Waals surface area contributed by atoms with E-state index in [0.717, 1.165) is 31.4 Å². The van der Waals surface area contributed by atoms with Crippen LogP contribution in [0.15, 0.2) is 47.5 Å². The molecular formula is C18H22N4O2. The number of nitrogens with one attached hydrogen (secondary N) is 1. The van der Waals surface area contributed by atoms with Gasteiger partial charge in [-0.15, -0.1) is 6.58 Å². The second-order valence-corrected chi connectivity index (χ2v) is 5.90. The third kappa shape index (κ3) is 3.89. The minimum absolute atomic E-state index is 0.00167. The molecule has 1 aliphatic heterocycles. The van der Waals surface area contributed by atoms with Crippen molar-refractivity contribution in [2.75, 3.05) is 19.6 Å². The number of amides is 1. The topological polar surface area (TPSA) is 71.3 Å². The van der Waals surface area contributed by atoms with Gasteiger partial charge in [0.05, 0.1) is 12.6 Å². The zero-order valence-electron chi connectivity index (χ0n) is 13.6. The molecule has 1 amide bonds. The molecule has 24 heavy (non-hydrogen) atoms. The molecule has 1 saturated heterocycles. The van der Waals surface area contributed by atoms with Gasteiger partial charge in [-0.2, -0.15) is 4.98 Å². The molecule has 126 valence electrons. The van der Waals surface area contributed by atoms with E-state index in [0.29, 0.717) is 24.8 Å². The average Bonchev–Trinajstić information content (AvgIpc) is 3.11. The van der Waals surface area contributed by atoms with Crippen molar-refractivity contribution in [1.82, 2.24) is 20.4 Å². The predicted octanol–water partition coefficient (Wildman–Crippen LogP) is 2.57. The fourth-order valence-corrected chi connectivity index (χ4v) is 2.96. The molecule has 0 radical (unpaired) electrons. The summed E-state index contributed by atoms with van der Waals surface area (Å²) in [6, 6.07) is 9.75. The smallest absolute Gasteiger partial charge is 0.244 e. The van der Waals surface area contributed by atoms with Crippen LogP contribution >= 0.6 is 0 Å². The molecule has 0 aliphatic carbocycles. The Morgan fingerprint density at radius 3 is 3.00 bits per heavy atom. The number of rotatable bonds is 6. The minimum atomic E-state index is -0.00963. The number of carbonyl (C=O) groups is 1. The first-order valence-electron chi connectivity index (χ1n) is 8.28. The summed E-state index contributed by atoms with van der Waals surface area (Å²) in [4.78, 5) is 18.7. The lowest BCUT2D eigenvalue weighted by molar-refractivity contribution is -0.123. The van der Waals surface area contributed by atoms with Gasteiger partial charge in [-0.05, 0) is 19.4 Å². The highest BCUT2D eigenvalue weighted by atomic mass is 16.5. The van der Waals surface area contributed by atoms with Gasteiger partial charge in [0.1, 0.15) is 0 Å². The number of hydrogen-bond acceptors (Lipinski definition) is 5. The standard InChI is InChI=1S/C18H22N4O2/c1-2-11-19-16(23)13-22-12-7-6-10-15(22)18-20-17(21-24-18)14-8-4-3-5-9-14/h2-5,8-9,15H,1,6-7,10-13H2,(H,19,23). The fourth-order valence-electron chi connectivity index (χ4n) is 2.96. The molecule has 2 heterocycles. The van der Waals surface area contributed by atoms with Crippen LogP contribution < -0.4 is 5.32 Å². The highest BCUT2D eigenvalue weighted by molar-refractivity contribution is 5.78. The maximum atomic E-state index is 12.0. The Bertz CT molecular complexity index is 683. The van der Waals surface area contributed by atoms with Crippen LogP contribution in [0, 0.1) is 0 Å². The molecule has 6 nitrogen and oxygen atoms in total. The monoisotopic (exact) mass is 326 g/mol. The van der Waals surface area contributed by atoms with E-state index >= 15 is 0 Å². The van der Waals surface area contributed by atoms with E-state index in [1.54, 1.807) is 6.08 Å². The van der Waals surface area contributed by atoms with E-state index in [-0.39, 0.29) is 11.9 Å². The van der Waals surface area contributed by atoms with Crippen LogP contribution in [-0.2, 0) is 4.79 Å². The van der Waals surface area contributed by atoms with E-state index < -0.39 is 0 Å². The first-order chi connectivity index (χ1) is 11.8. The molecule has 1 unspecified atom stereocenters. The van der Waals surface area contributed by atoms with Gasteiger partial charge in [-0.3, -0.25) is 9.69 Å². The maximum absolute atomic E-state index is 12.0. The Hall–Kier alpha value is -2.47. The van der Waals surface area contributed by atoms with Crippen LogP contribution in [-0.4, -0.2) is 40.6 Å². The summed E-state index contributed by atoms with van der Waals surface area (Å²) in [5.41, 5.74) is 0.929. The molecule has 0 bridgehead atoms. The summed E-state index contributed by atoms with van der Waals surface area (Å²) in [5.74, 6) is 1.17. The number of piperidine rings is 1. The highest BCUT2D eigenvalue weighted by Gasteiger charge is 2.30. The van der Waals surface area contributed by atoms with Crippen molar-refractivity contribution in [1.29, 1.82) is 0 Å². The van der Waals surface area contributed by atoms with Crippen molar-refractivity contribution in [3.63, 3.8) is 0 Å². The third-order valence-corrected chi connectivity index (χ3v) is 4.16. The minimum Gasteiger partial charge on any atom is -0.352 e. The molecule has 6 heteroatoms. The Labute approximate surface area is 141 Å². The lowest BCUT2D eigenvalue weighted by atomic mass is 10.0. The Morgan fingerprint density at radius 1 is 1.38 bits per heavy atom. The molecule has 0 saturated carbocycles. The molecule has 3 rings (SSSR count). The van der Waals surface area contributed by atoms with Crippen molar-refractivity contribution in [3.8, 4) is 11.4 Å². The highest BCUT2D eigenvalue weighted by Crippen LogP contribution is 2.30. The van der Waals surface area contributed by atoms with Crippen LogP contribution in [0.5, 0.6) is 0 Å². The third-order valence-electron chi connectivity index (χ3n) is 4.16. The zero-order chi connectivity index (χ0) is 16.8. The summed E-state index contributed by atoms with van der Waals surface area (Å²) < 4.78 is 5.50. The van der Waals surface area contributed by atoms with Gasteiger partial charge >= 0.3 is 0 Å². The van der Waals surface area contributed by atoms with Gasteiger partial charge in [0.25, 0.3) is 0 Å². The summed E-state index contributed by atoms with van der Waals surface area (Å²) >= 11 is 0. The van der Waals surface area contributed by atoms with E-state index in [9.17, 15) is 4.79 Å². The number of benzene rings is 1. The fraction of sp³-hybridized carbons (Fsp3) is 0.389. The summed E-state index contributed by atoms with van der Waals surface area (Å²) in [6.07, 6.45) is 4.77. The maximum Gasteiger partial charge on any atom is 0.244 e. The Morgan fingerprint density at radius 2 is 2.21 bits per heavy atom. The van der Waals surface area contributed by atoms with Crippen LogP contribution in [0.4, 0.5) is 0 Å². The van der Waals surface area contributed by atoms with Crippen molar-refractivity contribution in [2.45, 2.75) is 25.3 Å². The first-order valence-corrected chi connectivity index (χ1v) is 8.28. The van der Waals surface area contributed by atoms with Crippen molar-refractivity contribution < 1.29 is 9.32 Å². The van der Waals surface area contributed by atoms with Gasteiger partial charge in [0, 0.05) is 12.1 Å². The lowest BCUT2D eigenvalue weighted by Crippen LogP contribution is -2.41. The van der Waals surface area contributed by atoms with Crippen molar-refractivity contribution >= 4 is 5.91 Å². The Balaban J connectivity index is 1.72. The number of hydrogen-bond donors (Lipinski definition) is 1. The van der Waals surface area contributed by atoms with Gasteiger partial charge in [-0.25, -0.2) is 0 Å². The van der Waals surface area contributed by atoms with Crippen molar-refractivity contribution in [2.24, 2.45) is 0 Å². The SMILES string of the molecule is C=CCNC(=O)CN1CCCCC1c1nc(-c2ccccc2)no1. The average molecular weight is 326 g/mol. The molecule has 1 aliphatic rings. The molecular weight excluding hydrogens is 304 g/mol. The molecule has 1 aromatic heterocycles. The largest absolute Gasteiger partial charge is 0.352 e.